The number of piperazine rings is 1. The number of halogens is 1. The summed E-state index contributed by atoms with van der Waals surface area (Å²) < 4.78 is 30.0. The van der Waals surface area contributed by atoms with Crippen LogP contribution < -0.4 is 4.90 Å². The number of aromatic nitrogens is 2. The van der Waals surface area contributed by atoms with E-state index in [0.717, 1.165) is 12.1 Å². The minimum absolute atomic E-state index is 0.0788. The fraction of sp³-hybridized carbons (Fsp3) is 0.500. The fourth-order valence-corrected chi connectivity index (χ4v) is 5.89. The normalized spacial score (nSPS) is 18.1. The Bertz CT molecular complexity index is 1130. The van der Waals surface area contributed by atoms with E-state index in [4.69, 9.17) is 11.6 Å². The Morgan fingerprint density at radius 3 is 2.42 bits per heavy atom. The topological polar surface area (TPSA) is 95.8 Å². The summed E-state index contributed by atoms with van der Waals surface area (Å²) in [5.74, 6) is -0.271. The third-order valence-electron chi connectivity index (χ3n) is 6.02. The Morgan fingerprint density at radius 2 is 1.79 bits per heavy atom. The third kappa shape index (κ3) is 5.07. The lowest BCUT2D eigenvalue weighted by Gasteiger charge is -2.35. The van der Waals surface area contributed by atoms with Gasteiger partial charge >= 0.3 is 0 Å². The number of amides is 1. The largest absolute Gasteiger partial charge is 0.369 e. The van der Waals surface area contributed by atoms with E-state index in [2.05, 4.69) is 10.00 Å². The van der Waals surface area contributed by atoms with Crippen LogP contribution in [-0.4, -0.2) is 78.4 Å². The van der Waals surface area contributed by atoms with Gasteiger partial charge in [0.2, 0.25) is 5.03 Å². The van der Waals surface area contributed by atoms with E-state index in [1.165, 1.54) is 15.2 Å². The molecule has 1 aromatic carbocycles. The second-order valence-corrected chi connectivity index (χ2v) is 10.6. The van der Waals surface area contributed by atoms with E-state index in [9.17, 15) is 18.0 Å². The van der Waals surface area contributed by atoms with Crippen LogP contribution in [0.4, 0.5) is 5.69 Å². The van der Waals surface area contributed by atoms with E-state index >= 15 is 0 Å². The van der Waals surface area contributed by atoms with Crippen LogP contribution in [-0.2, 0) is 21.4 Å². The molecule has 0 aliphatic carbocycles. The number of piperidine rings is 1. The molecular formula is C22H28ClN5O4S. The number of Topliss-reactive ketones (excluding diaryl/α,β-unsaturated/α-hetero) is 1. The molecule has 0 saturated carbocycles. The number of anilines is 1. The minimum atomic E-state index is -3.96. The third-order valence-corrected chi connectivity index (χ3v) is 8.09. The fourth-order valence-electron chi connectivity index (χ4n) is 4.20. The molecule has 2 aliphatic heterocycles. The van der Waals surface area contributed by atoms with Gasteiger partial charge in [0.25, 0.3) is 15.9 Å². The van der Waals surface area contributed by atoms with Gasteiger partial charge in [0.05, 0.1) is 5.56 Å². The van der Waals surface area contributed by atoms with Crippen molar-refractivity contribution in [3.8, 4) is 0 Å². The molecule has 2 saturated heterocycles. The molecule has 178 valence electrons. The molecule has 0 atom stereocenters. The molecule has 1 amide bonds. The van der Waals surface area contributed by atoms with Gasteiger partial charge in [-0.15, -0.1) is 0 Å². The average molecular weight is 494 g/mol. The van der Waals surface area contributed by atoms with Crippen LogP contribution in [0.5, 0.6) is 0 Å². The number of hydrogen-bond acceptors (Lipinski definition) is 6. The zero-order valence-corrected chi connectivity index (χ0v) is 20.2. The maximum Gasteiger partial charge on any atom is 0.263 e. The van der Waals surface area contributed by atoms with Crippen molar-refractivity contribution in [3.63, 3.8) is 0 Å². The molecule has 2 aliphatic rings. The van der Waals surface area contributed by atoms with Gasteiger partial charge in [-0.3, -0.25) is 14.3 Å². The van der Waals surface area contributed by atoms with Crippen LogP contribution in [0.1, 0.15) is 36.5 Å². The molecule has 33 heavy (non-hydrogen) atoms. The summed E-state index contributed by atoms with van der Waals surface area (Å²) >= 11 is 6.09. The lowest BCUT2D eigenvalue weighted by Crippen LogP contribution is -2.49. The predicted octanol–water partition coefficient (Wildman–Crippen LogP) is 2.26. The van der Waals surface area contributed by atoms with E-state index in [-0.39, 0.29) is 35.4 Å². The van der Waals surface area contributed by atoms with Gasteiger partial charge in [-0.1, -0.05) is 24.6 Å². The summed E-state index contributed by atoms with van der Waals surface area (Å²) in [6, 6.07) is 7.48. The molecule has 4 rings (SSSR count). The Hall–Kier alpha value is -2.43. The standard InChI is InChI=1S/C22H28ClN5O4S/c1-2-8-27-16-20(22(30)26-9-6-19(29)7-10-26)21(24-27)33(31,32)28-13-11-25(12-14-28)18-5-3-4-17(23)15-18/h3-5,15-16H,2,6-14H2,1H3. The summed E-state index contributed by atoms with van der Waals surface area (Å²) in [4.78, 5) is 28.4. The summed E-state index contributed by atoms with van der Waals surface area (Å²) in [5.41, 5.74) is 1.03. The first kappa shape index (κ1) is 23.7. The number of aryl methyl sites for hydroxylation is 1. The summed E-state index contributed by atoms with van der Waals surface area (Å²) in [6.07, 6.45) is 2.87. The number of hydrogen-bond donors (Lipinski definition) is 0. The minimum Gasteiger partial charge on any atom is -0.369 e. The van der Waals surface area contributed by atoms with E-state index < -0.39 is 10.0 Å². The second kappa shape index (κ2) is 9.82. The highest BCUT2D eigenvalue weighted by Gasteiger charge is 2.36. The van der Waals surface area contributed by atoms with Gasteiger partial charge in [0.1, 0.15) is 5.78 Å². The number of benzene rings is 1. The molecular weight excluding hydrogens is 466 g/mol. The predicted molar refractivity (Wildman–Crippen MR) is 125 cm³/mol. The van der Waals surface area contributed by atoms with Gasteiger partial charge in [-0.05, 0) is 24.6 Å². The van der Waals surface area contributed by atoms with Gasteiger partial charge in [-0.25, -0.2) is 8.42 Å². The molecule has 0 unspecified atom stereocenters. The van der Waals surface area contributed by atoms with Crippen LogP contribution >= 0.6 is 11.6 Å². The van der Waals surface area contributed by atoms with Crippen LogP contribution in [0.25, 0.3) is 0 Å². The maximum atomic E-state index is 13.5. The molecule has 3 heterocycles. The van der Waals surface area contributed by atoms with Crippen LogP contribution in [0, 0.1) is 0 Å². The maximum absolute atomic E-state index is 13.5. The van der Waals surface area contributed by atoms with Crippen molar-refractivity contribution in [2.24, 2.45) is 0 Å². The number of carbonyl (C=O) groups excluding carboxylic acids is 2. The van der Waals surface area contributed by atoms with Crippen molar-refractivity contribution in [1.82, 2.24) is 19.0 Å². The summed E-state index contributed by atoms with van der Waals surface area (Å²) in [7, 11) is -3.96. The molecule has 0 radical (unpaired) electrons. The smallest absolute Gasteiger partial charge is 0.263 e. The molecule has 9 nitrogen and oxygen atoms in total. The number of carbonyl (C=O) groups is 2. The van der Waals surface area contributed by atoms with Gasteiger partial charge in [0.15, 0.2) is 0 Å². The first-order valence-corrected chi connectivity index (χ1v) is 13.0. The quantitative estimate of drug-likeness (QED) is 0.612. The molecule has 11 heteroatoms. The molecule has 0 N–H and O–H groups in total. The Balaban J connectivity index is 1.55. The highest BCUT2D eigenvalue weighted by atomic mass is 35.5. The number of nitrogens with zero attached hydrogens (tertiary/aromatic N) is 5. The van der Waals surface area contributed by atoms with Crippen LogP contribution in [0.15, 0.2) is 35.5 Å². The number of sulfonamides is 1. The molecule has 2 aromatic rings. The molecule has 0 bridgehead atoms. The Morgan fingerprint density at radius 1 is 1.09 bits per heavy atom. The van der Waals surface area contributed by atoms with Crippen LogP contribution in [0.2, 0.25) is 5.02 Å². The molecule has 0 spiro atoms. The first-order chi connectivity index (χ1) is 15.8. The average Bonchev–Trinajstić information content (AvgIpc) is 3.24. The molecule has 2 fully saturated rings. The lowest BCUT2D eigenvalue weighted by molar-refractivity contribution is -0.120. The van der Waals surface area contributed by atoms with Gasteiger partial charge < -0.3 is 9.80 Å². The van der Waals surface area contributed by atoms with Crippen molar-refractivity contribution in [1.29, 1.82) is 0 Å². The van der Waals surface area contributed by atoms with Crippen molar-refractivity contribution in [2.75, 3.05) is 44.2 Å². The highest BCUT2D eigenvalue weighted by Crippen LogP contribution is 2.25. The van der Waals surface area contributed by atoms with Crippen molar-refractivity contribution in [2.45, 2.75) is 37.8 Å². The second-order valence-electron chi connectivity index (χ2n) is 8.31. The lowest BCUT2D eigenvalue weighted by atomic mass is 10.1. The van der Waals surface area contributed by atoms with Gasteiger partial charge in [-0.2, -0.15) is 9.40 Å². The Labute approximate surface area is 198 Å². The van der Waals surface area contributed by atoms with Crippen molar-refractivity contribution in [3.05, 3.63) is 41.0 Å². The van der Waals surface area contributed by atoms with Crippen molar-refractivity contribution < 1.29 is 18.0 Å². The highest BCUT2D eigenvalue weighted by molar-refractivity contribution is 7.89. The monoisotopic (exact) mass is 493 g/mol. The van der Waals surface area contributed by atoms with Gasteiger partial charge in [0, 0.05) is 75.6 Å². The van der Waals surface area contributed by atoms with E-state index in [1.807, 2.05) is 25.1 Å². The zero-order valence-electron chi connectivity index (χ0n) is 18.6. The zero-order chi connectivity index (χ0) is 23.6. The summed E-state index contributed by atoms with van der Waals surface area (Å²) in [5, 5.41) is 4.74. The van der Waals surface area contributed by atoms with E-state index in [0.29, 0.717) is 50.6 Å². The number of rotatable bonds is 6. The Kier molecular flexibility index (Phi) is 7.06. The first-order valence-electron chi connectivity index (χ1n) is 11.2. The van der Waals surface area contributed by atoms with Crippen LogP contribution in [0.3, 0.4) is 0 Å². The summed E-state index contributed by atoms with van der Waals surface area (Å²) in [6.45, 7) is 4.64. The number of ketones is 1. The van der Waals surface area contributed by atoms with E-state index in [1.54, 1.807) is 11.0 Å². The number of likely N-dealkylation sites (tertiary alicyclic amines) is 1. The van der Waals surface area contributed by atoms with Crippen molar-refractivity contribution >= 4 is 39.0 Å². The molecule has 1 aromatic heterocycles. The SMILES string of the molecule is CCCn1cc(C(=O)N2CCC(=O)CC2)c(S(=O)(=O)N2CCN(c3cccc(Cl)c3)CC2)n1.